The summed E-state index contributed by atoms with van der Waals surface area (Å²) in [4.78, 5) is 15.9. The topological polar surface area (TPSA) is 42.0 Å². The molecular weight excluding hydrogens is 268 g/mol. The number of hydrogen-bond acceptors (Lipinski definition) is 3. The Hall–Kier alpha value is -0.740. The van der Waals surface area contributed by atoms with E-state index in [0.717, 1.165) is 18.1 Å². The van der Waals surface area contributed by atoms with E-state index in [9.17, 15) is 4.79 Å². The highest BCUT2D eigenvalue weighted by Gasteiger charge is 2.22. The van der Waals surface area contributed by atoms with Crippen molar-refractivity contribution in [2.45, 2.75) is 37.0 Å². The maximum Gasteiger partial charge on any atom is 0.251 e. The Labute approximate surface area is 117 Å². The lowest BCUT2D eigenvalue weighted by Gasteiger charge is -2.28. The number of halogens is 1. The third-order valence-electron chi connectivity index (χ3n) is 3.33. The summed E-state index contributed by atoms with van der Waals surface area (Å²) in [5.74, 6) is -0.0492. The van der Waals surface area contributed by atoms with Crippen molar-refractivity contribution in [1.29, 1.82) is 0 Å². The molecule has 1 amide bonds. The third-order valence-corrected chi connectivity index (χ3v) is 4.68. The average Bonchev–Trinajstić information content (AvgIpc) is 2.39. The Bertz CT molecular complexity index is 419. The number of nitrogens with one attached hydrogen (secondary N) is 1. The molecule has 0 bridgehead atoms. The molecule has 0 aromatic carbocycles. The normalized spacial score (nSPS) is 23.7. The molecule has 1 aliphatic rings. The number of hydrogen-bond donors (Lipinski definition) is 1. The summed E-state index contributed by atoms with van der Waals surface area (Å²) in [6.07, 6.45) is 8.21. The molecule has 0 radical (unpaired) electrons. The van der Waals surface area contributed by atoms with Crippen molar-refractivity contribution in [3.63, 3.8) is 0 Å². The Morgan fingerprint density at radius 1 is 1.44 bits per heavy atom. The summed E-state index contributed by atoms with van der Waals surface area (Å²) in [6, 6.07) is 3.59. The van der Waals surface area contributed by atoms with Crippen molar-refractivity contribution in [3.8, 4) is 0 Å². The number of nitrogens with zero attached hydrogens (tertiary/aromatic N) is 1. The summed E-state index contributed by atoms with van der Waals surface area (Å²) in [5, 5.41) is 4.19. The maximum atomic E-state index is 12.0. The second-order valence-electron chi connectivity index (χ2n) is 4.55. The second kappa shape index (κ2) is 6.43. The van der Waals surface area contributed by atoms with Gasteiger partial charge < -0.3 is 5.32 Å². The highest BCUT2D eigenvalue weighted by Crippen LogP contribution is 2.26. The molecule has 3 nitrogen and oxygen atoms in total. The number of carbonyl (C=O) groups excluding carboxylic acids is 1. The lowest BCUT2D eigenvalue weighted by molar-refractivity contribution is 0.0928. The van der Waals surface area contributed by atoms with Crippen LogP contribution in [0.15, 0.2) is 18.3 Å². The minimum atomic E-state index is -0.0492. The van der Waals surface area contributed by atoms with E-state index in [2.05, 4.69) is 16.6 Å². The summed E-state index contributed by atoms with van der Waals surface area (Å²) in [6.45, 7) is 0. The molecule has 5 heteroatoms. The van der Waals surface area contributed by atoms with Gasteiger partial charge in [-0.2, -0.15) is 11.8 Å². The number of thioether (sulfide) groups is 1. The molecule has 0 spiro atoms. The van der Waals surface area contributed by atoms with E-state index in [1.54, 1.807) is 18.3 Å². The van der Waals surface area contributed by atoms with Crippen LogP contribution in [-0.4, -0.2) is 28.4 Å². The Kier molecular flexibility index (Phi) is 4.89. The Balaban J connectivity index is 1.89. The number of aromatic nitrogens is 1. The highest BCUT2D eigenvalue weighted by molar-refractivity contribution is 7.99. The number of rotatable bonds is 3. The van der Waals surface area contributed by atoms with Gasteiger partial charge in [-0.15, -0.1) is 0 Å². The van der Waals surface area contributed by atoms with Crippen molar-refractivity contribution in [2.75, 3.05) is 6.26 Å². The van der Waals surface area contributed by atoms with Gasteiger partial charge in [0.2, 0.25) is 0 Å². The maximum absolute atomic E-state index is 12.0. The number of amides is 1. The van der Waals surface area contributed by atoms with E-state index in [1.807, 2.05) is 11.8 Å². The SMILES string of the molecule is CSC1CCC(NC(=O)c2ccnc(Cl)c2)CC1. The molecule has 1 aromatic rings. The second-order valence-corrected chi connectivity index (χ2v) is 6.08. The van der Waals surface area contributed by atoms with Crippen LogP contribution in [0, 0.1) is 0 Å². The van der Waals surface area contributed by atoms with Crippen LogP contribution in [-0.2, 0) is 0 Å². The van der Waals surface area contributed by atoms with Gasteiger partial charge in [0.25, 0.3) is 5.91 Å². The first-order chi connectivity index (χ1) is 8.69. The van der Waals surface area contributed by atoms with Crippen LogP contribution >= 0.6 is 23.4 Å². The molecule has 1 N–H and O–H groups in total. The predicted molar refractivity (Wildman–Crippen MR) is 76.3 cm³/mol. The van der Waals surface area contributed by atoms with Crippen molar-refractivity contribution < 1.29 is 4.79 Å². The summed E-state index contributed by atoms with van der Waals surface area (Å²) >= 11 is 7.70. The van der Waals surface area contributed by atoms with Crippen molar-refractivity contribution in [1.82, 2.24) is 10.3 Å². The molecule has 0 saturated heterocycles. The van der Waals surface area contributed by atoms with Gasteiger partial charge in [-0.25, -0.2) is 4.98 Å². The van der Waals surface area contributed by atoms with Crippen LogP contribution in [0.3, 0.4) is 0 Å². The molecule has 98 valence electrons. The van der Waals surface area contributed by atoms with Crippen LogP contribution in [0.4, 0.5) is 0 Å². The van der Waals surface area contributed by atoms with E-state index in [1.165, 1.54) is 12.8 Å². The number of carbonyl (C=O) groups is 1. The van der Waals surface area contributed by atoms with Gasteiger partial charge in [-0.3, -0.25) is 4.79 Å². The first-order valence-corrected chi connectivity index (χ1v) is 7.81. The first kappa shape index (κ1) is 13.7. The van der Waals surface area contributed by atoms with Crippen LogP contribution in [0.1, 0.15) is 36.0 Å². The minimum absolute atomic E-state index is 0.0492. The third kappa shape index (κ3) is 3.62. The van der Waals surface area contributed by atoms with E-state index in [0.29, 0.717) is 16.8 Å². The monoisotopic (exact) mass is 284 g/mol. The summed E-state index contributed by atoms with van der Waals surface area (Å²) in [7, 11) is 0. The van der Waals surface area contributed by atoms with Crippen LogP contribution < -0.4 is 5.32 Å². The smallest absolute Gasteiger partial charge is 0.251 e. The van der Waals surface area contributed by atoms with Crippen molar-refractivity contribution >= 4 is 29.3 Å². The lowest BCUT2D eigenvalue weighted by atomic mass is 9.95. The van der Waals surface area contributed by atoms with Gasteiger partial charge in [0.05, 0.1) is 0 Å². The molecule has 2 rings (SSSR count). The van der Waals surface area contributed by atoms with Crippen LogP contribution in [0.5, 0.6) is 0 Å². The highest BCUT2D eigenvalue weighted by atomic mass is 35.5. The van der Waals surface area contributed by atoms with Crippen molar-refractivity contribution in [3.05, 3.63) is 29.0 Å². The zero-order chi connectivity index (χ0) is 13.0. The summed E-state index contributed by atoms with van der Waals surface area (Å²) < 4.78 is 0. The zero-order valence-electron chi connectivity index (χ0n) is 10.4. The van der Waals surface area contributed by atoms with Crippen LogP contribution in [0.2, 0.25) is 5.15 Å². The van der Waals surface area contributed by atoms with Gasteiger partial charge in [0.15, 0.2) is 0 Å². The fraction of sp³-hybridized carbons (Fsp3) is 0.538. The van der Waals surface area contributed by atoms with Gasteiger partial charge in [0, 0.05) is 23.1 Å². The van der Waals surface area contributed by atoms with E-state index < -0.39 is 0 Å². The molecule has 1 saturated carbocycles. The zero-order valence-corrected chi connectivity index (χ0v) is 11.9. The molecule has 0 aliphatic heterocycles. The molecule has 18 heavy (non-hydrogen) atoms. The molecular formula is C13H17ClN2OS. The first-order valence-electron chi connectivity index (χ1n) is 6.14. The van der Waals surface area contributed by atoms with Gasteiger partial charge in [-0.05, 0) is 44.1 Å². The lowest BCUT2D eigenvalue weighted by Crippen LogP contribution is -2.38. The standard InChI is InChI=1S/C13H17ClN2OS/c1-18-11-4-2-10(3-5-11)16-13(17)9-6-7-15-12(14)8-9/h6-8,10-11H,2-5H2,1H3,(H,16,17). The molecule has 0 atom stereocenters. The van der Waals surface area contributed by atoms with Crippen molar-refractivity contribution in [2.24, 2.45) is 0 Å². The quantitative estimate of drug-likeness (QED) is 0.867. The summed E-state index contributed by atoms with van der Waals surface area (Å²) in [5.41, 5.74) is 0.585. The fourth-order valence-corrected chi connectivity index (χ4v) is 3.17. The van der Waals surface area contributed by atoms with Gasteiger partial charge >= 0.3 is 0 Å². The molecule has 1 heterocycles. The average molecular weight is 285 g/mol. The molecule has 1 aromatic heterocycles. The Morgan fingerprint density at radius 3 is 2.78 bits per heavy atom. The van der Waals surface area contributed by atoms with E-state index in [4.69, 9.17) is 11.6 Å². The van der Waals surface area contributed by atoms with E-state index in [-0.39, 0.29) is 5.91 Å². The predicted octanol–water partition coefficient (Wildman–Crippen LogP) is 3.14. The largest absolute Gasteiger partial charge is 0.349 e. The minimum Gasteiger partial charge on any atom is -0.349 e. The number of pyridine rings is 1. The molecule has 1 aliphatic carbocycles. The fourth-order valence-electron chi connectivity index (χ4n) is 2.26. The van der Waals surface area contributed by atoms with E-state index >= 15 is 0 Å². The molecule has 1 fully saturated rings. The van der Waals surface area contributed by atoms with Crippen LogP contribution in [0.25, 0.3) is 0 Å². The Morgan fingerprint density at radius 2 is 2.17 bits per heavy atom. The van der Waals surface area contributed by atoms with Gasteiger partial charge in [0.1, 0.15) is 5.15 Å². The molecule has 0 unspecified atom stereocenters. The van der Waals surface area contributed by atoms with Gasteiger partial charge in [-0.1, -0.05) is 11.6 Å².